The molecular formula is C21H20N2O2. The zero-order chi connectivity index (χ0) is 17.5. The average Bonchev–Trinajstić information content (AvgIpc) is 2.62. The lowest BCUT2D eigenvalue weighted by Gasteiger charge is -2.12. The van der Waals surface area contributed by atoms with E-state index >= 15 is 0 Å². The average molecular weight is 332 g/mol. The number of carbonyl (C=O) groups excluding carboxylic acids is 1. The number of para-hydroxylation sites is 1. The van der Waals surface area contributed by atoms with Crippen molar-refractivity contribution in [3.05, 3.63) is 89.6 Å². The Morgan fingerprint density at radius 1 is 0.960 bits per heavy atom. The van der Waals surface area contributed by atoms with Gasteiger partial charge in [-0.3, -0.25) is 4.79 Å². The number of hydrogen-bond donors (Lipinski definition) is 1. The van der Waals surface area contributed by atoms with Crippen molar-refractivity contribution in [2.45, 2.75) is 13.3 Å². The third kappa shape index (κ3) is 4.91. The van der Waals surface area contributed by atoms with Crippen molar-refractivity contribution in [2.24, 2.45) is 0 Å². The molecule has 0 aliphatic carbocycles. The van der Waals surface area contributed by atoms with Crippen molar-refractivity contribution >= 4 is 11.7 Å². The fourth-order valence-electron chi connectivity index (χ4n) is 2.54. The second kappa shape index (κ2) is 8.11. The number of pyridine rings is 1. The van der Waals surface area contributed by atoms with E-state index < -0.39 is 0 Å². The van der Waals surface area contributed by atoms with Gasteiger partial charge in [0.25, 0.3) is 5.91 Å². The highest BCUT2D eigenvalue weighted by atomic mass is 16.5. The molecule has 0 saturated carbocycles. The molecule has 0 bridgehead atoms. The number of ether oxygens (including phenoxy) is 1. The number of carbonyl (C=O) groups is 1. The number of aryl methyl sites for hydroxylation is 1. The van der Waals surface area contributed by atoms with Crippen LogP contribution in [0, 0.1) is 6.92 Å². The molecule has 0 unspecified atom stereocenters. The molecule has 0 aliphatic heterocycles. The van der Waals surface area contributed by atoms with Crippen LogP contribution in [0.2, 0.25) is 0 Å². The molecule has 0 saturated heterocycles. The lowest BCUT2D eigenvalue weighted by Crippen LogP contribution is -2.21. The Morgan fingerprint density at radius 2 is 1.72 bits per heavy atom. The van der Waals surface area contributed by atoms with E-state index in [1.54, 1.807) is 6.07 Å². The summed E-state index contributed by atoms with van der Waals surface area (Å²) >= 11 is 0. The van der Waals surface area contributed by atoms with Gasteiger partial charge in [0.1, 0.15) is 11.6 Å². The van der Waals surface area contributed by atoms with Crippen LogP contribution in [0.1, 0.15) is 16.8 Å². The van der Waals surface area contributed by atoms with Crippen molar-refractivity contribution in [1.82, 2.24) is 4.98 Å². The smallest absolute Gasteiger partial charge is 0.263 e. The van der Waals surface area contributed by atoms with Gasteiger partial charge in [-0.1, -0.05) is 54.6 Å². The maximum absolute atomic E-state index is 12.1. The minimum atomic E-state index is -0.229. The van der Waals surface area contributed by atoms with E-state index in [9.17, 15) is 4.79 Å². The Morgan fingerprint density at radius 3 is 2.52 bits per heavy atom. The molecular weight excluding hydrogens is 312 g/mol. The summed E-state index contributed by atoms with van der Waals surface area (Å²) < 4.78 is 5.73. The Bertz CT molecular complexity index is 847. The quantitative estimate of drug-likeness (QED) is 0.742. The number of amides is 1. The van der Waals surface area contributed by atoms with Gasteiger partial charge in [-0.25, -0.2) is 4.98 Å². The van der Waals surface area contributed by atoms with Crippen LogP contribution in [-0.4, -0.2) is 17.5 Å². The van der Waals surface area contributed by atoms with Crippen LogP contribution in [-0.2, 0) is 11.2 Å². The van der Waals surface area contributed by atoms with Crippen LogP contribution in [0.25, 0.3) is 0 Å². The Balaban J connectivity index is 1.62. The number of rotatable bonds is 6. The number of aromatic nitrogens is 1. The van der Waals surface area contributed by atoms with Crippen LogP contribution in [0.4, 0.5) is 5.82 Å². The first kappa shape index (κ1) is 16.7. The molecule has 25 heavy (non-hydrogen) atoms. The third-order valence-electron chi connectivity index (χ3n) is 3.72. The van der Waals surface area contributed by atoms with E-state index in [4.69, 9.17) is 4.74 Å². The van der Waals surface area contributed by atoms with Crippen LogP contribution in [0.3, 0.4) is 0 Å². The van der Waals surface area contributed by atoms with Crippen molar-refractivity contribution in [2.75, 3.05) is 11.9 Å². The van der Waals surface area contributed by atoms with Gasteiger partial charge in [0.2, 0.25) is 0 Å². The first-order valence-electron chi connectivity index (χ1n) is 8.19. The highest BCUT2D eigenvalue weighted by molar-refractivity contribution is 5.90. The van der Waals surface area contributed by atoms with Gasteiger partial charge < -0.3 is 10.1 Å². The first-order chi connectivity index (χ1) is 12.2. The zero-order valence-corrected chi connectivity index (χ0v) is 14.1. The standard InChI is InChI=1S/C21H20N2O2/c1-16-8-7-13-20(22-16)23-21(24)15-25-19-12-6-5-11-18(19)14-17-9-3-2-4-10-17/h2-13H,14-15H2,1H3,(H,22,23,24). The molecule has 3 aromatic rings. The predicted octanol–water partition coefficient (Wildman–Crippen LogP) is 4.00. The van der Waals surface area contributed by atoms with Gasteiger partial charge >= 0.3 is 0 Å². The maximum atomic E-state index is 12.1. The van der Waals surface area contributed by atoms with Gasteiger partial charge in [0, 0.05) is 12.1 Å². The van der Waals surface area contributed by atoms with Crippen molar-refractivity contribution in [1.29, 1.82) is 0 Å². The van der Waals surface area contributed by atoms with Crippen LogP contribution >= 0.6 is 0 Å². The summed E-state index contributed by atoms with van der Waals surface area (Å²) in [6.45, 7) is 1.83. The molecule has 1 aromatic heterocycles. The fraction of sp³-hybridized carbons (Fsp3) is 0.143. The normalized spacial score (nSPS) is 10.3. The molecule has 0 spiro atoms. The lowest BCUT2D eigenvalue weighted by molar-refractivity contribution is -0.118. The molecule has 2 aromatic carbocycles. The monoisotopic (exact) mass is 332 g/mol. The van der Waals surface area contributed by atoms with Gasteiger partial charge in [-0.05, 0) is 36.2 Å². The van der Waals surface area contributed by atoms with Gasteiger partial charge in [-0.2, -0.15) is 0 Å². The Hall–Kier alpha value is -3.14. The summed E-state index contributed by atoms with van der Waals surface area (Å²) in [6.07, 6.45) is 0.762. The van der Waals surface area contributed by atoms with Gasteiger partial charge in [0.15, 0.2) is 6.61 Å². The molecule has 0 atom stereocenters. The van der Waals surface area contributed by atoms with Gasteiger partial charge in [-0.15, -0.1) is 0 Å². The van der Waals surface area contributed by atoms with E-state index in [-0.39, 0.29) is 12.5 Å². The maximum Gasteiger partial charge on any atom is 0.263 e. The molecule has 126 valence electrons. The van der Waals surface area contributed by atoms with Crippen LogP contribution in [0.5, 0.6) is 5.75 Å². The third-order valence-corrected chi connectivity index (χ3v) is 3.72. The number of anilines is 1. The van der Waals surface area contributed by atoms with Crippen LogP contribution < -0.4 is 10.1 Å². The number of nitrogens with one attached hydrogen (secondary N) is 1. The molecule has 1 amide bonds. The topological polar surface area (TPSA) is 51.2 Å². The summed E-state index contributed by atoms with van der Waals surface area (Å²) in [4.78, 5) is 16.3. The number of nitrogens with zero attached hydrogens (tertiary/aromatic N) is 1. The van der Waals surface area contributed by atoms with Crippen molar-refractivity contribution in [3.63, 3.8) is 0 Å². The second-order valence-corrected chi connectivity index (χ2v) is 5.77. The Labute approximate surface area is 147 Å². The van der Waals surface area contributed by atoms with E-state index in [0.29, 0.717) is 5.82 Å². The van der Waals surface area contributed by atoms with E-state index in [2.05, 4.69) is 22.4 Å². The minimum absolute atomic E-state index is 0.0541. The molecule has 0 aliphatic rings. The van der Waals surface area contributed by atoms with Crippen LogP contribution in [0.15, 0.2) is 72.8 Å². The van der Waals surface area contributed by atoms with Gasteiger partial charge in [0.05, 0.1) is 0 Å². The highest BCUT2D eigenvalue weighted by Gasteiger charge is 2.08. The summed E-state index contributed by atoms with van der Waals surface area (Å²) in [6, 6.07) is 23.5. The molecule has 1 heterocycles. The van der Waals surface area contributed by atoms with E-state index in [1.165, 1.54) is 5.56 Å². The van der Waals surface area contributed by atoms with E-state index in [1.807, 2.05) is 61.5 Å². The molecule has 0 fully saturated rings. The molecule has 4 heteroatoms. The first-order valence-corrected chi connectivity index (χ1v) is 8.19. The zero-order valence-electron chi connectivity index (χ0n) is 14.1. The fourth-order valence-corrected chi connectivity index (χ4v) is 2.54. The summed E-state index contributed by atoms with van der Waals surface area (Å²) in [5, 5.41) is 2.75. The SMILES string of the molecule is Cc1cccc(NC(=O)COc2ccccc2Cc2ccccc2)n1. The predicted molar refractivity (Wildman–Crippen MR) is 98.8 cm³/mol. The highest BCUT2D eigenvalue weighted by Crippen LogP contribution is 2.21. The lowest BCUT2D eigenvalue weighted by atomic mass is 10.0. The molecule has 0 radical (unpaired) electrons. The molecule has 4 nitrogen and oxygen atoms in total. The minimum Gasteiger partial charge on any atom is -0.483 e. The second-order valence-electron chi connectivity index (χ2n) is 5.77. The number of benzene rings is 2. The van der Waals surface area contributed by atoms with Crippen molar-refractivity contribution in [3.8, 4) is 5.75 Å². The van der Waals surface area contributed by atoms with Crippen molar-refractivity contribution < 1.29 is 9.53 Å². The summed E-state index contributed by atoms with van der Waals surface area (Å²) in [7, 11) is 0. The molecule has 1 N–H and O–H groups in total. The molecule has 3 rings (SSSR count). The summed E-state index contributed by atoms with van der Waals surface area (Å²) in [5.41, 5.74) is 3.11. The Kier molecular flexibility index (Phi) is 5.42. The summed E-state index contributed by atoms with van der Waals surface area (Å²) in [5.74, 6) is 1.03. The number of hydrogen-bond acceptors (Lipinski definition) is 3. The van der Waals surface area contributed by atoms with E-state index in [0.717, 1.165) is 23.4 Å². The largest absolute Gasteiger partial charge is 0.483 e.